The smallest absolute Gasteiger partial charge is 0.167 e. The molecule has 0 saturated carbocycles. The summed E-state index contributed by atoms with van der Waals surface area (Å²) >= 11 is 0. The summed E-state index contributed by atoms with van der Waals surface area (Å²) in [6.07, 6.45) is 0.957. The van der Waals surface area contributed by atoms with Crippen molar-refractivity contribution in [3.63, 3.8) is 0 Å². The molecule has 100 valence electrons. The van der Waals surface area contributed by atoms with Crippen molar-refractivity contribution in [2.24, 2.45) is 0 Å². The number of ether oxygens (including phenoxy) is 1. The molecule has 0 fully saturated rings. The van der Waals surface area contributed by atoms with E-state index in [0.29, 0.717) is 0 Å². The van der Waals surface area contributed by atoms with E-state index >= 15 is 0 Å². The molecule has 2 nitrogen and oxygen atoms in total. The Balaban J connectivity index is 2.07. The van der Waals surface area contributed by atoms with E-state index in [4.69, 9.17) is 10.5 Å². The first kappa shape index (κ1) is 13.3. The SMILES string of the molecule is CCc1ccc(COc2cc(F)c(N)cc2F)cc1. The third kappa shape index (κ3) is 3.22. The molecule has 0 radical (unpaired) electrons. The summed E-state index contributed by atoms with van der Waals surface area (Å²) in [5.74, 6) is -1.48. The number of nitrogen functional groups attached to an aromatic ring is 1. The van der Waals surface area contributed by atoms with Crippen molar-refractivity contribution in [1.29, 1.82) is 0 Å². The van der Waals surface area contributed by atoms with Gasteiger partial charge >= 0.3 is 0 Å². The highest BCUT2D eigenvalue weighted by atomic mass is 19.1. The van der Waals surface area contributed by atoms with Crippen molar-refractivity contribution in [2.45, 2.75) is 20.0 Å². The van der Waals surface area contributed by atoms with Crippen LogP contribution in [0.1, 0.15) is 18.1 Å². The summed E-state index contributed by atoms with van der Waals surface area (Å²) in [6, 6.07) is 9.67. The highest BCUT2D eigenvalue weighted by molar-refractivity contribution is 5.44. The number of hydrogen-bond donors (Lipinski definition) is 1. The number of rotatable bonds is 4. The maximum Gasteiger partial charge on any atom is 0.167 e. The van der Waals surface area contributed by atoms with Gasteiger partial charge in [-0.05, 0) is 17.5 Å². The minimum Gasteiger partial charge on any atom is -0.486 e. The van der Waals surface area contributed by atoms with Crippen LogP contribution in [-0.4, -0.2) is 0 Å². The predicted molar refractivity (Wildman–Crippen MR) is 70.9 cm³/mol. The Morgan fingerprint density at radius 1 is 1.00 bits per heavy atom. The number of anilines is 1. The van der Waals surface area contributed by atoms with Crippen molar-refractivity contribution in [3.05, 3.63) is 59.2 Å². The maximum atomic E-state index is 13.5. The standard InChI is InChI=1S/C15H15F2NO/c1-2-10-3-5-11(6-4-10)9-19-15-8-12(16)14(18)7-13(15)17/h3-8H,2,9,18H2,1H3. The van der Waals surface area contributed by atoms with Crippen LogP contribution in [0.4, 0.5) is 14.5 Å². The summed E-state index contributed by atoms with van der Waals surface area (Å²) in [6.45, 7) is 2.25. The quantitative estimate of drug-likeness (QED) is 0.854. The van der Waals surface area contributed by atoms with E-state index in [1.54, 1.807) is 0 Å². The van der Waals surface area contributed by atoms with Crippen LogP contribution in [0.2, 0.25) is 0 Å². The first-order chi connectivity index (χ1) is 9.10. The Bertz CT molecular complexity index is 567. The molecule has 2 N–H and O–H groups in total. The largest absolute Gasteiger partial charge is 0.486 e. The average Bonchev–Trinajstić information content (AvgIpc) is 2.42. The number of benzene rings is 2. The summed E-state index contributed by atoms with van der Waals surface area (Å²) in [5.41, 5.74) is 7.15. The second kappa shape index (κ2) is 5.69. The molecular formula is C15H15F2NO. The van der Waals surface area contributed by atoms with Gasteiger partial charge in [0, 0.05) is 12.1 Å². The van der Waals surface area contributed by atoms with Gasteiger partial charge in [-0.2, -0.15) is 0 Å². The van der Waals surface area contributed by atoms with Crippen LogP contribution in [0.25, 0.3) is 0 Å². The second-order valence-electron chi connectivity index (χ2n) is 4.26. The lowest BCUT2D eigenvalue weighted by atomic mass is 10.1. The number of hydrogen-bond acceptors (Lipinski definition) is 2. The third-order valence-electron chi connectivity index (χ3n) is 2.88. The first-order valence-electron chi connectivity index (χ1n) is 6.05. The van der Waals surface area contributed by atoms with E-state index in [1.807, 2.05) is 24.3 Å². The molecule has 0 saturated heterocycles. The van der Waals surface area contributed by atoms with Crippen molar-refractivity contribution in [3.8, 4) is 5.75 Å². The van der Waals surface area contributed by atoms with Gasteiger partial charge in [0.15, 0.2) is 11.6 Å². The maximum absolute atomic E-state index is 13.5. The Kier molecular flexibility index (Phi) is 4.00. The van der Waals surface area contributed by atoms with Gasteiger partial charge in [0.25, 0.3) is 0 Å². The van der Waals surface area contributed by atoms with E-state index in [1.165, 1.54) is 5.56 Å². The van der Waals surface area contributed by atoms with Gasteiger partial charge in [-0.3, -0.25) is 0 Å². The van der Waals surface area contributed by atoms with Gasteiger partial charge in [0.2, 0.25) is 0 Å². The zero-order chi connectivity index (χ0) is 13.8. The minimum atomic E-state index is -0.683. The zero-order valence-electron chi connectivity index (χ0n) is 10.6. The molecule has 2 rings (SSSR count). The molecule has 0 aliphatic heterocycles. The number of halogens is 2. The van der Waals surface area contributed by atoms with Crippen LogP contribution >= 0.6 is 0 Å². The van der Waals surface area contributed by atoms with E-state index < -0.39 is 11.6 Å². The van der Waals surface area contributed by atoms with Gasteiger partial charge in [-0.15, -0.1) is 0 Å². The van der Waals surface area contributed by atoms with Gasteiger partial charge in [0.05, 0.1) is 5.69 Å². The lowest BCUT2D eigenvalue weighted by Gasteiger charge is -2.09. The molecule has 0 atom stereocenters. The Morgan fingerprint density at radius 2 is 1.63 bits per heavy atom. The molecule has 0 amide bonds. The molecule has 2 aromatic rings. The molecular weight excluding hydrogens is 248 g/mol. The van der Waals surface area contributed by atoms with Crippen molar-refractivity contribution >= 4 is 5.69 Å². The lowest BCUT2D eigenvalue weighted by molar-refractivity contribution is 0.288. The van der Waals surface area contributed by atoms with Crippen LogP contribution in [-0.2, 0) is 13.0 Å². The van der Waals surface area contributed by atoms with Crippen molar-refractivity contribution in [2.75, 3.05) is 5.73 Å². The third-order valence-corrected chi connectivity index (χ3v) is 2.88. The van der Waals surface area contributed by atoms with Crippen LogP contribution in [0, 0.1) is 11.6 Å². The lowest BCUT2D eigenvalue weighted by Crippen LogP contribution is -2.00. The first-order valence-corrected chi connectivity index (χ1v) is 6.05. The molecule has 0 aromatic heterocycles. The fourth-order valence-corrected chi connectivity index (χ4v) is 1.69. The van der Waals surface area contributed by atoms with Crippen molar-refractivity contribution in [1.82, 2.24) is 0 Å². The number of aryl methyl sites for hydroxylation is 1. The number of nitrogens with two attached hydrogens (primary N) is 1. The van der Waals surface area contributed by atoms with Gasteiger partial charge in [-0.1, -0.05) is 31.2 Å². The molecule has 0 bridgehead atoms. The highest BCUT2D eigenvalue weighted by Gasteiger charge is 2.09. The second-order valence-corrected chi connectivity index (χ2v) is 4.26. The molecule has 0 aliphatic rings. The van der Waals surface area contributed by atoms with Gasteiger partial charge in [0.1, 0.15) is 12.4 Å². The highest BCUT2D eigenvalue weighted by Crippen LogP contribution is 2.23. The fourth-order valence-electron chi connectivity index (χ4n) is 1.69. The van der Waals surface area contributed by atoms with Crippen LogP contribution in [0.15, 0.2) is 36.4 Å². The minimum absolute atomic E-state index is 0.133. The predicted octanol–water partition coefficient (Wildman–Crippen LogP) is 3.69. The average molecular weight is 263 g/mol. The normalized spacial score (nSPS) is 10.5. The van der Waals surface area contributed by atoms with E-state index in [9.17, 15) is 8.78 Å². The van der Waals surface area contributed by atoms with Crippen LogP contribution in [0.5, 0.6) is 5.75 Å². The molecule has 4 heteroatoms. The molecule has 19 heavy (non-hydrogen) atoms. The summed E-state index contributed by atoms with van der Waals surface area (Å²) in [7, 11) is 0. The summed E-state index contributed by atoms with van der Waals surface area (Å²) in [4.78, 5) is 0. The van der Waals surface area contributed by atoms with E-state index in [0.717, 1.165) is 24.1 Å². The fraction of sp³-hybridized carbons (Fsp3) is 0.200. The molecule has 2 aromatic carbocycles. The van der Waals surface area contributed by atoms with Crippen molar-refractivity contribution < 1.29 is 13.5 Å². The molecule has 0 unspecified atom stereocenters. The molecule has 0 spiro atoms. The van der Waals surface area contributed by atoms with Gasteiger partial charge in [-0.25, -0.2) is 8.78 Å². The molecule has 0 aliphatic carbocycles. The Labute approximate surface area is 110 Å². The zero-order valence-corrected chi connectivity index (χ0v) is 10.6. The molecule has 0 heterocycles. The monoisotopic (exact) mass is 263 g/mol. The van der Waals surface area contributed by atoms with E-state index in [2.05, 4.69) is 6.92 Å². The van der Waals surface area contributed by atoms with Crippen LogP contribution in [0.3, 0.4) is 0 Å². The summed E-state index contributed by atoms with van der Waals surface area (Å²) in [5, 5.41) is 0. The topological polar surface area (TPSA) is 35.2 Å². The summed E-state index contributed by atoms with van der Waals surface area (Å²) < 4.78 is 32.0. The van der Waals surface area contributed by atoms with Crippen LogP contribution < -0.4 is 10.5 Å². The van der Waals surface area contributed by atoms with E-state index in [-0.39, 0.29) is 18.0 Å². The Morgan fingerprint density at radius 3 is 2.26 bits per heavy atom. The van der Waals surface area contributed by atoms with Gasteiger partial charge < -0.3 is 10.5 Å². The Hall–Kier alpha value is -2.10.